The number of thiocarbonyl (C=S) groups is 1. The van der Waals surface area contributed by atoms with E-state index in [9.17, 15) is 4.79 Å². The van der Waals surface area contributed by atoms with Crippen LogP contribution in [0.2, 0.25) is 0 Å². The van der Waals surface area contributed by atoms with E-state index in [0.717, 1.165) is 22.3 Å². The van der Waals surface area contributed by atoms with Crippen molar-refractivity contribution in [3.05, 3.63) is 60.3 Å². The van der Waals surface area contributed by atoms with E-state index < -0.39 is 0 Å². The molecule has 2 aromatic carbocycles. The number of amides is 1. The Hall–Kier alpha value is -3.06. The molecule has 7 heteroatoms. The highest BCUT2D eigenvalue weighted by atomic mass is 32.1. The summed E-state index contributed by atoms with van der Waals surface area (Å²) < 4.78 is 5.09. The van der Waals surface area contributed by atoms with Crippen molar-refractivity contribution in [2.45, 2.75) is 0 Å². The first-order chi connectivity index (χ1) is 11.7. The van der Waals surface area contributed by atoms with E-state index in [4.69, 9.17) is 17.0 Å². The Morgan fingerprint density at radius 2 is 1.83 bits per heavy atom. The topological polar surface area (TPSA) is 78.2 Å². The van der Waals surface area contributed by atoms with Crippen LogP contribution in [0.3, 0.4) is 0 Å². The molecule has 0 fully saturated rings. The van der Waals surface area contributed by atoms with Crippen molar-refractivity contribution in [2.24, 2.45) is 0 Å². The molecule has 0 saturated carbocycles. The number of fused-ring (bicyclic) bond motifs is 1. The fraction of sp³-hybridized carbons (Fsp3) is 0.0588. The zero-order valence-corrected chi connectivity index (χ0v) is 13.7. The molecule has 0 bridgehead atoms. The van der Waals surface area contributed by atoms with E-state index in [2.05, 4.69) is 21.2 Å². The number of ether oxygens (including phenoxy) is 1. The Bertz CT molecular complexity index is 874. The van der Waals surface area contributed by atoms with Gasteiger partial charge in [-0.15, -0.1) is 0 Å². The van der Waals surface area contributed by atoms with Gasteiger partial charge in [0.25, 0.3) is 5.91 Å². The Balaban J connectivity index is 1.58. The van der Waals surface area contributed by atoms with Crippen LogP contribution < -0.4 is 20.9 Å². The Morgan fingerprint density at radius 3 is 2.58 bits per heavy atom. The maximum Gasteiger partial charge on any atom is 0.271 e. The summed E-state index contributed by atoms with van der Waals surface area (Å²) >= 11 is 5.16. The van der Waals surface area contributed by atoms with E-state index >= 15 is 0 Å². The van der Waals surface area contributed by atoms with Crippen LogP contribution in [0, 0.1) is 0 Å². The molecule has 0 atom stereocenters. The summed E-state index contributed by atoms with van der Waals surface area (Å²) in [7, 11) is 1.61. The second kappa shape index (κ2) is 7.01. The number of hydrazine groups is 1. The normalized spacial score (nSPS) is 10.2. The van der Waals surface area contributed by atoms with Gasteiger partial charge in [0, 0.05) is 22.8 Å². The summed E-state index contributed by atoms with van der Waals surface area (Å²) in [4.78, 5) is 15.3. The molecular formula is C17H16N4O2S. The van der Waals surface area contributed by atoms with Gasteiger partial charge in [0.2, 0.25) is 0 Å². The quantitative estimate of drug-likeness (QED) is 0.436. The number of anilines is 1. The molecule has 0 aliphatic rings. The number of para-hydroxylation sites is 1. The second-order valence-electron chi connectivity index (χ2n) is 5.01. The van der Waals surface area contributed by atoms with Crippen molar-refractivity contribution in [1.82, 2.24) is 15.8 Å². The molecule has 3 rings (SSSR count). The van der Waals surface area contributed by atoms with Crippen LogP contribution in [-0.4, -0.2) is 23.1 Å². The number of carbonyl (C=O) groups is 1. The minimum absolute atomic E-state index is 0.272. The molecule has 3 aromatic rings. The smallest absolute Gasteiger partial charge is 0.271 e. The number of aromatic nitrogens is 1. The standard InChI is InChI=1S/C17H16N4O2S/c1-23-12-8-6-11(7-9-12)19-17(24)21-20-16(22)14-10-18-15-5-3-2-4-13(14)15/h2-10,18H,1H3,(H,20,22)(H2,19,21,24). The highest BCUT2D eigenvalue weighted by molar-refractivity contribution is 7.80. The van der Waals surface area contributed by atoms with Crippen LogP contribution in [0.4, 0.5) is 5.69 Å². The lowest BCUT2D eigenvalue weighted by Crippen LogP contribution is -2.43. The average molecular weight is 340 g/mol. The molecule has 24 heavy (non-hydrogen) atoms. The minimum atomic E-state index is -0.272. The molecule has 0 aliphatic heterocycles. The molecule has 6 nitrogen and oxygen atoms in total. The first-order valence-electron chi connectivity index (χ1n) is 7.25. The van der Waals surface area contributed by atoms with Crippen molar-refractivity contribution in [3.8, 4) is 5.75 Å². The van der Waals surface area contributed by atoms with Crippen molar-refractivity contribution in [2.75, 3.05) is 12.4 Å². The summed E-state index contributed by atoms with van der Waals surface area (Å²) in [5.74, 6) is 0.485. The summed E-state index contributed by atoms with van der Waals surface area (Å²) in [6.45, 7) is 0. The number of rotatable bonds is 3. The van der Waals surface area contributed by atoms with Crippen molar-refractivity contribution in [1.29, 1.82) is 0 Å². The fourth-order valence-electron chi connectivity index (χ4n) is 2.28. The third kappa shape index (κ3) is 3.47. The zero-order chi connectivity index (χ0) is 16.9. The van der Waals surface area contributed by atoms with Gasteiger partial charge in [-0.1, -0.05) is 18.2 Å². The summed E-state index contributed by atoms with van der Waals surface area (Å²) in [5.41, 5.74) is 7.51. The Kier molecular flexibility index (Phi) is 4.62. The average Bonchev–Trinajstić information content (AvgIpc) is 3.04. The number of nitrogens with one attached hydrogen (secondary N) is 4. The van der Waals surface area contributed by atoms with Crippen molar-refractivity contribution < 1.29 is 9.53 Å². The first-order valence-corrected chi connectivity index (χ1v) is 7.65. The fourth-order valence-corrected chi connectivity index (χ4v) is 2.45. The number of aromatic amines is 1. The molecule has 1 aromatic heterocycles. The van der Waals surface area contributed by atoms with Gasteiger partial charge in [0.1, 0.15) is 5.75 Å². The van der Waals surface area contributed by atoms with E-state index in [0.29, 0.717) is 5.56 Å². The lowest BCUT2D eigenvalue weighted by Gasteiger charge is -2.11. The number of hydrogen-bond donors (Lipinski definition) is 4. The summed E-state index contributed by atoms with van der Waals surface area (Å²) in [5, 5.41) is 4.11. The maximum atomic E-state index is 12.3. The van der Waals surface area contributed by atoms with E-state index in [1.165, 1.54) is 0 Å². The monoisotopic (exact) mass is 340 g/mol. The minimum Gasteiger partial charge on any atom is -0.497 e. The lowest BCUT2D eigenvalue weighted by molar-refractivity contribution is 0.0946. The van der Waals surface area contributed by atoms with Crippen molar-refractivity contribution in [3.63, 3.8) is 0 Å². The summed E-state index contributed by atoms with van der Waals surface area (Å²) in [6, 6.07) is 14.9. The van der Waals surface area contributed by atoms with Crippen LogP contribution in [0.15, 0.2) is 54.7 Å². The van der Waals surface area contributed by atoms with Crippen LogP contribution in [-0.2, 0) is 0 Å². The molecule has 1 amide bonds. The molecule has 0 unspecified atom stereocenters. The molecular weight excluding hydrogens is 324 g/mol. The third-order valence-corrected chi connectivity index (χ3v) is 3.68. The molecule has 0 spiro atoms. The molecule has 0 radical (unpaired) electrons. The third-order valence-electron chi connectivity index (χ3n) is 3.47. The van der Waals surface area contributed by atoms with Crippen molar-refractivity contribution >= 4 is 39.8 Å². The first kappa shape index (κ1) is 15.8. The largest absolute Gasteiger partial charge is 0.497 e. The Morgan fingerprint density at radius 1 is 1.08 bits per heavy atom. The van der Waals surface area contributed by atoms with Gasteiger partial charge in [-0.25, -0.2) is 0 Å². The highest BCUT2D eigenvalue weighted by Crippen LogP contribution is 2.17. The van der Waals surface area contributed by atoms with Gasteiger partial charge in [0.05, 0.1) is 12.7 Å². The number of H-pyrrole nitrogens is 1. The maximum absolute atomic E-state index is 12.3. The van der Waals surface area contributed by atoms with Crippen LogP contribution >= 0.6 is 12.2 Å². The van der Waals surface area contributed by atoms with Gasteiger partial charge in [-0.2, -0.15) is 0 Å². The predicted octanol–water partition coefficient (Wildman–Crippen LogP) is 2.81. The van der Waals surface area contributed by atoms with E-state index in [1.807, 2.05) is 48.5 Å². The molecule has 122 valence electrons. The number of hydrogen-bond acceptors (Lipinski definition) is 3. The van der Waals surface area contributed by atoms with E-state index in [1.54, 1.807) is 13.3 Å². The highest BCUT2D eigenvalue weighted by Gasteiger charge is 2.11. The van der Waals surface area contributed by atoms with E-state index in [-0.39, 0.29) is 11.0 Å². The van der Waals surface area contributed by atoms with Gasteiger partial charge in [-0.05, 0) is 42.5 Å². The zero-order valence-electron chi connectivity index (χ0n) is 12.9. The number of benzene rings is 2. The van der Waals surface area contributed by atoms with Gasteiger partial charge in [0.15, 0.2) is 5.11 Å². The van der Waals surface area contributed by atoms with Gasteiger partial charge in [-0.3, -0.25) is 15.6 Å². The van der Waals surface area contributed by atoms with Gasteiger partial charge < -0.3 is 15.0 Å². The SMILES string of the molecule is COc1ccc(NC(=S)NNC(=O)c2c[nH]c3ccccc23)cc1. The number of methoxy groups -OCH3 is 1. The van der Waals surface area contributed by atoms with Crippen LogP contribution in [0.5, 0.6) is 5.75 Å². The Labute approximate surface area is 144 Å². The lowest BCUT2D eigenvalue weighted by atomic mass is 10.2. The molecule has 1 heterocycles. The molecule has 4 N–H and O–H groups in total. The number of carbonyl (C=O) groups excluding carboxylic acids is 1. The second-order valence-corrected chi connectivity index (χ2v) is 5.42. The van der Waals surface area contributed by atoms with Gasteiger partial charge >= 0.3 is 0 Å². The summed E-state index contributed by atoms with van der Waals surface area (Å²) in [6.07, 6.45) is 1.67. The molecule has 0 saturated heterocycles. The van der Waals surface area contributed by atoms with Crippen LogP contribution in [0.25, 0.3) is 10.9 Å². The van der Waals surface area contributed by atoms with Crippen LogP contribution in [0.1, 0.15) is 10.4 Å². The molecule has 0 aliphatic carbocycles. The predicted molar refractivity (Wildman–Crippen MR) is 98.1 cm³/mol.